The van der Waals surface area contributed by atoms with E-state index in [1.54, 1.807) is 13.0 Å². The van der Waals surface area contributed by atoms with Gasteiger partial charge >= 0.3 is 0 Å². The number of hydrogen-bond acceptors (Lipinski definition) is 5. The summed E-state index contributed by atoms with van der Waals surface area (Å²) in [6.45, 7) is 5.87. The molecule has 3 rings (SSSR count). The van der Waals surface area contributed by atoms with Crippen LogP contribution in [0, 0.1) is 13.8 Å². The Kier molecular flexibility index (Phi) is 4.25. The first kappa shape index (κ1) is 15.4. The van der Waals surface area contributed by atoms with Crippen molar-refractivity contribution in [1.29, 1.82) is 0 Å². The second-order valence-electron chi connectivity index (χ2n) is 5.25. The van der Waals surface area contributed by atoms with Crippen LogP contribution in [-0.4, -0.2) is 16.0 Å². The number of aryl methyl sites for hydroxylation is 3. The molecule has 5 nitrogen and oxygen atoms in total. The average Bonchev–Trinajstić information content (AvgIpc) is 3.13. The summed E-state index contributed by atoms with van der Waals surface area (Å²) in [5.41, 5.74) is 3.48. The van der Waals surface area contributed by atoms with Gasteiger partial charge in [-0.05, 0) is 25.8 Å². The number of thiazole rings is 1. The predicted octanol–water partition coefficient (Wildman–Crippen LogP) is 4.23. The van der Waals surface area contributed by atoms with E-state index in [9.17, 15) is 4.79 Å². The fourth-order valence-electron chi connectivity index (χ4n) is 2.25. The number of nitrogens with zero attached hydrogens (tertiary/aromatic N) is 2. The highest BCUT2D eigenvalue weighted by molar-refractivity contribution is 7.16. The molecule has 0 aliphatic heterocycles. The van der Waals surface area contributed by atoms with Gasteiger partial charge in [-0.25, -0.2) is 4.98 Å². The van der Waals surface area contributed by atoms with Crippen LogP contribution < -0.4 is 5.32 Å². The first-order valence-corrected chi connectivity index (χ1v) is 8.20. The highest BCUT2D eigenvalue weighted by Crippen LogP contribution is 2.30. The molecule has 6 heteroatoms. The van der Waals surface area contributed by atoms with Crippen LogP contribution >= 0.6 is 11.3 Å². The van der Waals surface area contributed by atoms with Crippen LogP contribution in [0.1, 0.15) is 33.6 Å². The maximum Gasteiger partial charge on any atom is 0.279 e. The van der Waals surface area contributed by atoms with E-state index in [1.165, 1.54) is 16.9 Å². The third-order valence-electron chi connectivity index (χ3n) is 3.51. The minimum Gasteiger partial charge on any atom is -0.361 e. The molecule has 0 aliphatic rings. The summed E-state index contributed by atoms with van der Waals surface area (Å²) in [7, 11) is 0. The molecule has 0 saturated heterocycles. The second kappa shape index (κ2) is 6.34. The van der Waals surface area contributed by atoms with Gasteiger partial charge in [-0.15, -0.1) is 11.3 Å². The SMILES string of the molecule is CCc1ccc(-c2nc(NC(=O)c3cc(C)on3)sc2C)cc1. The number of benzene rings is 1. The summed E-state index contributed by atoms with van der Waals surface area (Å²) >= 11 is 1.45. The quantitative estimate of drug-likeness (QED) is 0.778. The van der Waals surface area contributed by atoms with Crippen LogP contribution in [0.4, 0.5) is 5.13 Å². The number of anilines is 1. The van der Waals surface area contributed by atoms with Crippen molar-refractivity contribution in [2.75, 3.05) is 5.32 Å². The first-order chi connectivity index (χ1) is 11.1. The van der Waals surface area contributed by atoms with Gasteiger partial charge < -0.3 is 4.52 Å². The van der Waals surface area contributed by atoms with Crippen LogP contribution in [0.2, 0.25) is 0 Å². The van der Waals surface area contributed by atoms with E-state index < -0.39 is 0 Å². The lowest BCUT2D eigenvalue weighted by atomic mass is 10.1. The zero-order chi connectivity index (χ0) is 16.4. The van der Waals surface area contributed by atoms with E-state index in [-0.39, 0.29) is 11.6 Å². The van der Waals surface area contributed by atoms with Crippen molar-refractivity contribution < 1.29 is 9.32 Å². The molecule has 0 radical (unpaired) electrons. The average molecular weight is 327 g/mol. The Balaban J connectivity index is 1.81. The van der Waals surface area contributed by atoms with E-state index in [2.05, 4.69) is 46.6 Å². The van der Waals surface area contributed by atoms with Crippen molar-refractivity contribution in [2.24, 2.45) is 0 Å². The Morgan fingerprint density at radius 3 is 2.61 bits per heavy atom. The lowest BCUT2D eigenvalue weighted by Gasteiger charge is -2.01. The smallest absolute Gasteiger partial charge is 0.279 e. The zero-order valence-electron chi connectivity index (χ0n) is 13.2. The van der Waals surface area contributed by atoms with Crippen molar-refractivity contribution in [1.82, 2.24) is 10.1 Å². The molecule has 0 fully saturated rings. The maximum absolute atomic E-state index is 12.1. The molecule has 1 amide bonds. The zero-order valence-corrected chi connectivity index (χ0v) is 14.0. The first-order valence-electron chi connectivity index (χ1n) is 7.38. The van der Waals surface area contributed by atoms with Gasteiger partial charge in [-0.2, -0.15) is 0 Å². The van der Waals surface area contributed by atoms with Gasteiger partial charge in [0.15, 0.2) is 10.8 Å². The molecule has 2 heterocycles. The van der Waals surface area contributed by atoms with Crippen LogP contribution in [0.15, 0.2) is 34.9 Å². The lowest BCUT2D eigenvalue weighted by molar-refractivity contribution is 0.101. The molecule has 118 valence electrons. The molecule has 2 aromatic heterocycles. The number of carbonyl (C=O) groups excluding carboxylic acids is 1. The topological polar surface area (TPSA) is 68.0 Å². The van der Waals surface area contributed by atoms with Crippen molar-refractivity contribution in [3.8, 4) is 11.3 Å². The van der Waals surface area contributed by atoms with Crippen LogP contribution in [0.5, 0.6) is 0 Å². The Morgan fingerprint density at radius 1 is 1.26 bits per heavy atom. The summed E-state index contributed by atoms with van der Waals surface area (Å²) in [6, 6.07) is 9.93. The molecule has 23 heavy (non-hydrogen) atoms. The Labute approximate surface area is 138 Å². The Hall–Kier alpha value is -2.47. The maximum atomic E-state index is 12.1. The minimum atomic E-state index is -0.316. The van der Waals surface area contributed by atoms with E-state index in [0.29, 0.717) is 10.9 Å². The van der Waals surface area contributed by atoms with Crippen molar-refractivity contribution in [2.45, 2.75) is 27.2 Å². The van der Waals surface area contributed by atoms with Crippen molar-refractivity contribution in [3.63, 3.8) is 0 Å². The largest absolute Gasteiger partial charge is 0.361 e. The number of nitrogens with one attached hydrogen (secondary N) is 1. The van der Waals surface area contributed by atoms with Crippen LogP contribution in [-0.2, 0) is 6.42 Å². The monoisotopic (exact) mass is 327 g/mol. The molecule has 1 N–H and O–H groups in total. The molecular weight excluding hydrogens is 310 g/mol. The second-order valence-corrected chi connectivity index (χ2v) is 6.45. The third kappa shape index (κ3) is 3.32. The number of amides is 1. The number of rotatable bonds is 4. The summed E-state index contributed by atoms with van der Waals surface area (Å²) in [6.07, 6.45) is 1.01. The molecule has 0 atom stereocenters. The third-order valence-corrected chi connectivity index (χ3v) is 4.40. The van der Waals surface area contributed by atoms with E-state index >= 15 is 0 Å². The van der Waals surface area contributed by atoms with Gasteiger partial charge in [0.05, 0.1) is 5.69 Å². The number of hydrogen-bond donors (Lipinski definition) is 1. The van der Waals surface area contributed by atoms with Crippen LogP contribution in [0.25, 0.3) is 11.3 Å². The highest BCUT2D eigenvalue weighted by atomic mass is 32.1. The fourth-order valence-corrected chi connectivity index (χ4v) is 3.08. The molecule has 1 aromatic carbocycles. The normalized spacial score (nSPS) is 10.7. The van der Waals surface area contributed by atoms with Gasteiger partial charge in [0.25, 0.3) is 5.91 Å². The van der Waals surface area contributed by atoms with Crippen LogP contribution in [0.3, 0.4) is 0 Å². The molecule has 0 aliphatic carbocycles. The molecule has 0 unspecified atom stereocenters. The lowest BCUT2D eigenvalue weighted by Crippen LogP contribution is -2.11. The van der Waals surface area contributed by atoms with E-state index in [1.807, 2.05) is 6.92 Å². The van der Waals surface area contributed by atoms with Crippen molar-refractivity contribution >= 4 is 22.4 Å². The minimum absolute atomic E-state index is 0.254. The fraction of sp³-hybridized carbons (Fsp3) is 0.235. The van der Waals surface area contributed by atoms with Gasteiger partial charge in [-0.3, -0.25) is 10.1 Å². The van der Waals surface area contributed by atoms with Gasteiger partial charge in [0, 0.05) is 16.5 Å². The molecule has 0 saturated carbocycles. The van der Waals surface area contributed by atoms with E-state index in [4.69, 9.17) is 4.52 Å². The summed E-state index contributed by atoms with van der Waals surface area (Å²) in [4.78, 5) is 17.7. The predicted molar refractivity (Wildman–Crippen MR) is 90.9 cm³/mol. The van der Waals surface area contributed by atoms with E-state index in [0.717, 1.165) is 22.6 Å². The van der Waals surface area contributed by atoms with Gasteiger partial charge in [0.1, 0.15) is 5.76 Å². The highest BCUT2D eigenvalue weighted by Gasteiger charge is 2.15. The molecule has 3 aromatic rings. The number of carbonyl (C=O) groups is 1. The van der Waals surface area contributed by atoms with Gasteiger partial charge in [0.2, 0.25) is 0 Å². The summed E-state index contributed by atoms with van der Waals surface area (Å²) in [5, 5.41) is 7.04. The Morgan fingerprint density at radius 2 is 2.00 bits per heavy atom. The standard InChI is InChI=1S/C17H17N3O2S/c1-4-12-5-7-13(8-6-12)15-11(3)23-17(18-15)19-16(21)14-9-10(2)22-20-14/h5-9H,4H2,1-3H3,(H,18,19,21). The summed E-state index contributed by atoms with van der Waals surface area (Å²) < 4.78 is 4.92. The Bertz CT molecular complexity index is 834. The molecule has 0 spiro atoms. The summed E-state index contributed by atoms with van der Waals surface area (Å²) in [5.74, 6) is 0.283. The van der Waals surface area contributed by atoms with Gasteiger partial charge in [-0.1, -0.05) is 36.3 Å². The molecular formula is C17H17N3O2S. The molecule has 0 bridgehead atoms. The number of aromatic nitrogens is 2. The van der Waals surface area contributed by atoms with Crippen molar-refractivity contribution in [3.05, 3.63) is 52.2 Å².